The third-order valence-corrected chi connectivity index (χ3v) is 5.40. The van der Waals surface area contributed by atoms with Gasteiger partial charge < -0.3 is 4.55 Å². The summed E-state index contributed by atoms with van der Waals surface area (Å²) in [5, 5.41) is 0. The minimum Gasteiger partial charge on any atom is -0.598 e. The van der Waals surface area contributed by atoms with Gasteiger partial charge in [0.25, 0.3) is 0 Å². The van der Waals surface area contributed by atoms with Gasteiger partial charge in [-0.05, 0) is 60.0 Å². The predicted octanol–water partition coefficient (Wildman–Crippen LogP) is 4.73. The molecule has 0 saturated heterocycles. The summed E-state index contributed by atoms with van der Waals surface area (Å²) in [6.07, 6.45) is 0. The van der Waals surface area contributed by atoms with Gasteiger partial charge in [0.05, 0.1) is 4.47 Å². The Balaban J connectivity index is 2.39. The molecule has 118 valence electrons. The van der Waals surface area contributed by atoms with Crippen molar-refractivity contribution in [3.05, 3.63) is 69.9 Å². The lowest BCUT2D eigenvalue weighted by Crippen LogP contribution is -2.41. The van der Waals surface area contributed by atoms with Crippen LogP contribution in [0.4, 0.5) is 4.39 Å². The topological polar surface area (TPSA) is 35.1 Å². The standard InChI is InChI=1S/C17H19BrFNOS/c1-17(2,3)22(21)20-16(12-7-5-4-6-8-12)13-9-10-14(18)15(19)11-13/h4-11,16,20H,1-3H3. The van der Waals surface area contributed by atoms with E-state index in [9.17, 15) is 8.94 Å². The van der Waals surface area contributed by atoms with Gasteiger partial charge in [-0.1, -0.05) is 36.4 Å². The van der Waals surface area contributed by atoms with Gasteiger partial charge in [0.15, 0.2) is 0 Å². The zero-order valence-electron chi connectivity index (χ0n) is 12.8. The molecule has 2 rings (SSSR count). The third kappa shape index (κ3) is 4.32. The van der Waals surface area contributed by atoms with Crippen molar-refractivity contribution in [1.29, 1.82) is 0 Å². The number of hydrogen-bond acceptors (Lipinski definition) is 2. The molecule has 0 fully saturated rings. The van der Waals surface area contributed by atoms with Crippen molar-refractivity contribution in [1.82, 2.24) is 4.72 Å². The zero-order chi connectivity index (χ0) is 16.3. The highest BCUT2D eigenvalue weighted by molar-refractivity contribution is 9.10. The van der Waals surface area contributed by atoms with Crippen LogP contribution in [0.15, 0.2) is 53.0 Å². The van der Waals surface area contributed by atoms with Crippen molar-refractivity contribution in [2.45, 2.75) is 31.6 Å². The second kappa shape index (κ2) is 7.13. The first kappa shape index (κ1) is 17.5. The monoisotopic (exact) mass is 383 g/mol. The molecule has 0 aliphatic rings. The summed E-state index contributed by atoms with van der Waals surface area (Å²) in [5.41, 5.74) is 1.69. The fourth-order valence-electron chi connectivity index (χ4n) is 1.95. The van der Waals surface area contributed by atoms with Gasteiger partial charge in [-0.25, -0.2) is 4.39 Å². The van der Waals surface area contributed by atoms with Crippen molar-refractivity contribution in [3.63, 3.8) is 0 Å². The Morgan fingerprint density at radius 3 is 2.27 bits per heavy atom. The summed E-state index contributed by atoms with van der Waals surface area (Å²) in [4.78, 5) is 0. The van der Waals surface area contributed by atoms with Crippen LogP contribution in [0.5, 0.6) is 0 Å². The van der Waals surface area contributed by atoms with E-state index in [1.807, 2.05) is 57.2 Å². The first-order chi connectivity index (χ1) is 10.3. The first-order valence-electron chi connectivity index (χ1n) is 6.97. The molecule has 2 atom stereocenters. The van der Waals surface area contributed by atoms with Gasteiger partial charge in [-0.15, -0.1) is 4.72 Å². The molecule has 2 unspecified atom stereocenters. The van der Waals surface area contributed by atoms with E-state index in [1.165, 1.54) is 6.07 Å². The van der Waals surface area contributed by atoms with E-state index in [2.05, 4.69) is 20.7 Å². The Labute approximate surface area is 142 Å². The molecule has 0 aliphatic carbocycles. The molecule has 0 bridgehead atoms. The Hall–Kier alpha value is -0.880. The lowest BCUT2D eigenvalue weighted by atomic mass is 10.00. The second-order valence-corrected chi connectivity index (χ2v) is 8.87. The summed E-state index contributed by atoms with van der Waals surface area (Å²) in [7, 11) is 0. The minimum atomic E-state index is -1.26. The van der Waals surface area contributed by atoms with Crippen molar-refractivity contribution in [2.24, 2.45) is 0 Å². The summed E-state index contributed by atoms with van der Waals surface area (Å²) >= 11 is 1.90. The van der Waals surface area contributed by atoms with Gasteiger partial charge in [0, 0.05) is 11.4 Å². The fraction of sp³-hybridized carbons (Fsp3) is 0.294. The Morgan fingerprint density at radius 1 is 1.09 bits per heavy atom. The average Bonchev–Trinajstić information content (AvgIpc) is 2.47. The zero-order valence-corrected chi connectivity index (χ0v) is 15.2. The molecular weight excluding hydrogens is 365 g/mol. The molecule has 0 heterocycles. The average molecular weight is 384 g/mol. The highest BCUT2D eigenvalue weighted by atomic mass is 79.9. The van der Waals surface area contributed by atoms with Gasteiger partial charge in [0.1, 0.15) is 16.6 Å². The maximum atomic E-state index is 13.9. The van der Waals surface area contributed by atoms with Crippen LogP contribution in [0.1, 0.15) is 37.9 Å². The molecule has 5 heteroatoms. The molecule has 2 nitrogen and oxygen atoms in total. The summed E-state index contributed by atoms with van der Waals surface area (Å²) in [6.45, 7) is 5.71. The van der Waals surface area contributed by atoms with Gasteiger partial charge in [-0.2, -0.15) is 0 Å². The molecule has 2 aromatic rings. The molecule has 0 spiro atoms. The number of hydrogen-bond donors (Lipinski definition) is 1. The van der Waals surface area contributed by atoms with Crippen LogP contribution in [-0.4, -0.2) is 9.30 Å². The maximum absolute atomic E-state index is 13.9. The van der Waals surface area contributed by atoms with Crippen LogP contribution in [-0.2, 0) is 11.4 Å². The van der Waals surface area contributed by atoms with Crippen LogP contribution in [0.2, 0.25) is 0 Å². The van der Waals surface area contributed by atoms with Crippen molar-refractivity contribution < 1.29 is 8.94 Å². The van der Waals surface area contributed by atoms with E-state index < -0.39 is 16.1 Å². The van der Waals surface area contributed by atoms with Crippen LogP contribution in [0.3, 0.4) is 0 Å². The lowest BCUT2D eigenvalue weighted by Gasteiger charge is -2.28. The molecule has 0 aliphatic heterocycles. The molecule has 22 heavy (non-hydrogen) atoms. The van der Waals surface area contributed by atoms with Crippen LogP contribution < -0.4 is 4.72 Å². The van der Waals surface area contributed by atoms with E-state index in [4.69, 9.17) is 0 Å². The largest absolute Gasteiger partial charge is 0.598 e. The summed E-state index contributed by atoms with van der Waals surface area (Å²) in [6, 6.07) is 14.3. The van der Waals surface area contributed by atoms with Gasteiger partial charge in [0.2, 0.25) is 0 Å². The predicted molar refractivity (Wildman–Crippen MR) is 93.4 cm³/mol. The van der Waals surface area contributed by atoms with Gasteiger partial charge >= 0.3 is 0 Å². The number of halogens is 2. The summed E-state index contributed by atoms with van der Waals surface area (Å²) in [5.74, 6) is -0.332. The molecule has 0 radical (unpaired) electrons. The van der Waals surface area contributed by atoms with E-state index in [0.717, 1.165) is 11.1 Å². The van der Waals surface area contributed by atoms with Crippen molar-refractivity contribution >= 4 is 27.3 Å². The molecule has 1 N–H and O–H groups in total. The number of benzene rings is 2. The normalized spacial score (nSPS) is 14.6. The second-order valence-electron chi connectivity index (χ2n) is 6.02. The fourth-order valence-corrected chi connectivity index (χ4v) is 3.04. The van der Waals surface area contributed by atoms with E-state index in [1.54, 1.807) is 6.07 Å². The van der Waals surface area contributed by atoms with Crippen molar-refractivity contribution in [2.75, 3.05) is 0 Å². The van der Waals surface area contributed by atoms with Crippen LogP contribution in [0, 0.1) is 5.82 Å². The maximum Gasteiger partial charge on any atom is 0.137 e. The highest BCUT2D eigenvalue weighted by Gasteiger charge is 2.30. The lowest BCUT2D eigenvalue weighted by molar-refractivity contribution is 0.535. The van der Waals surface area contributed by atoms with Crippen LogP contribution >= 0.6 is 15.9 Å². The van der Waals surface area contributed by atoms with E-state index >= 15 is 0 Å². The van der Waals surface area contributed by atoms with Crippen LogP contribution in [0.25, 0.3) is 0 Å². The smallest absolute Gasteiger partial charge is 0.137 e. The summed E-state index contributed by atoms with van der Waals surface area (Å²) < 4.78 is 29.5. The number of rotatable bonds is 4. The molecule has 2 aromatic carbocycles. The Bertz CT molecular complexity index is 630. The molecule has 0 saturated carbocycles. The first-order valence-corrected chi connectivity index (χ1v) is 8.91. The Morgan fingerprint density at radius 2 is 1.73 bits per heavy atom. The number of nitrogens with one attached hydrogen (secondary N) is 1. The SMILES string of the molecule is CC(C)(C)[S+]([O-])NC(c1ccccc1)c1ccc(Br)c(F)c1. The van der Waals surface area contributed by atoms with E-state index in [0.29, 0.717) is 4.47 Å². The molecule has 0 aromatic heterocycles. The minimum absolute atomic E-state index is 0.330. The van der Waals surface area contributed by atoms with Crippen molar-refractivity contribution in [3.8, 4) is 0 Å². The Kier molecular flexibility index (Phi) is 5.66. The third-order valence-electron chi connectivity index (χ3n) is 3.19. The molecule has 0 amide bonds. The quantitative estimate of drug-likeness (QED) is 0.774. The highest BCUT2D eigenvalue weighted by Crippen LogP contribution is 2.28. The van der Waals surface area contributed by atoms with Gasteiger partial charge in [-0.3, -0.25) is 0 Å². The molecular formula is C17H19BrFNOS. The van der Waals surface area contributed by atoms with E-state index in [-0.39, 0.29) is 11.9 Å².